The van der Waals surface area contributed by atoms with Crippen LogP contribution in [-0.4, -0.2) is 60.9 Å². The quantitative estimate of drug-likeness (QED) is 0.204. The maximum absolute atomic E-state index is 13.0. The van der Waals surface area contributed by atoms with Crippen LogP contribution in [0.1, 0.15) is 11.1 Å². The number of rotatable bonds is 9. The minimum absolute atomic E-state index is 0.0349. The van der Waals surface area contributed by atoms with Crippen LogP contribution in [0.4, 0.5) is 13.2 Å². The number of hydrogen-bond acceptors (Lipinski definition) is 9. The summed E-state index contributed by atoms with van der Waals surface area (Å²) >= 11 is 0.826. The predicted octanol–water partition coefficient (Wildman–Crippen LogP) is 2.46. The third-order valence-electron chi connectivity index (χ3n) is 5.67. The number of halogens is 3. The largest absolute Gasteiger partial charge is 0.534 e. The summed E-state index contributed by atoms with van der Waals surface area (Å²) in [5.74, 6) is -3.49. The molecule has 0 saturated carbocycles. The number of carbonyl (C=O) groups excluding carboxylic acids is 3. The second-order valence-corrected chi connectivity index (χ2v) is 10.9. The summed E-state index contributed by atoms with van der Waals surface area (Å²) in [7, 11) is -4.69. The van der Waals surface area contributed by atoms with E-state index in [1.165, 1.54) is 7.11 Å². The lowest BCUT2D eigenvalue weighted by atomic mass is 10.0. The van der Waals surface area contributed by atoms with Gasteiger partial charge >= 0.3 is 21.6 Å². The number of nitrogens with zero attached hydrogens (tertiary/aromatic N) is 1. The first-order valence-electron chi connectivity index (χ1n) is 11.2. The molecule has 2 aliphatic heterocycles. The number of amides is 2. The molecule has 1 N–H and O–H groups in total. The third-order valence-corrected chi connectivity index (χ3v) is 7.91. The molecule has 0 spiro atoms. The minimum atomic E-state index is -6.14. The van der Waals surface area contributed by atoms with Crippen molar-refractivity contribution in [1.29, 1.82) is 0 Å². The number of hydrogen-bond donors (Lipinski definition) is 1. The van der Waals surface area contributed by atoms with Gasteiger partial charge in [0.2, 0.25) is 5.91 Å². The Morgan fingerprint density at radius 2 is 1.74 bits per heavy atom. The Balaban J connectivity index is 1.54. The predicted molar refractivity (Wildman–Crippen MR) is 131 cm³/mol. The van der Waals surface area contributed by atoms with Crippen molar-refractivity contribution in [3.05, 3.63) is 77.2 Å². The standard InChI is InChI=1S/C24H21F3N2O8S2/c1-35-16-9-7-15(8-10-16)12-36-23(32)20-17(37-39(33,34)24(25,26)27)13-38-22-19(21(31)29(20)22)28-18(30)11-14-5-3-2-4-6-14/h2-10,19,22H,11-13H2,1H3,(H,28,30)/t19?,22-/m1/s1. The molecule has 2 atom stereocenters. The number of ether oxygens (including phenoxy) is 2. The van der Waals surface area contributed by atoms with Crippen molar-refractivity contribution >= 4 is 39.7 Å². The van der Waals surface area contributed by atoms with Crippen LogP contribution in [0, 0.1) is 0 Å². The summed E-state index contributed by atoms with van der Waals surface area (Å²) in [6, 6.07) is 13.9. The van der Waals surface area contributed by atoms with E-state index in [-0.39, 0.29) is 13.0 Å². The zero-order chi connectivity index (χ0) is 28.4. The highest BCUT2D eigenvalue weighted by Gasteiger charge is 2.57. The van der Waals surface area contributed by atoms with Crippen LogP contribution in [0.3, 0.4) is 0 Å². The summed E-state index contributed by atoms with van der Waals surface area (Å²) in [6.07, 6.45) is -0.0349. The van der Waals surface area contributed by atoms with Gasteiger partial charge < -0.3 is 19.0 Å². The van der Waals surface area contributed by atoms with E-state index < -0.39 is 62.0 Å². The highest BCUT2D eigenvalue weighted by molar-refractivity contribution is 8.00. The van der Waals surface area contributed by atoms with Gasteiger partial charge in [-0.05, 0) is 23.3 Å². The fourth-order valence-electron chi connectivity index (χ4n) is 3.77. The first-order valence-corrected chi connectivity index (χ1v) is 13.7. The van der Waals surface area contributed by atoms with E-state index in [0.29, 0.717) is 16.9 Å². The molecule has 4 rings (SSSR count). The van der Waals surface area contributed by atoms with Gasteiger partial charge in [-0.2, -0.15) is 21.6 Å². The molecule has 39 heavy (non-hydrogen) atoms. The second kappa shape index (κ2) is 11.2. The molecule has 2 heterocycles. The lowest BCUT2D eigenvalue weighted by Crippen LogP contribution is -2.70. The van der Waals surface area contributed by atoms with E-state index in [0.717, 1.165) is 16.7 Å². The molecule has 2 aromatic rings. The topological polar surface area (TPSA) is 128 Å². The van der Waals surface area contributed by atoms with Gasteiger partial charge in [0.25, 0.3) is 5.91 Å². The summed E-state index contributed by atoms with van der Waals surface area (Å²) in [6.45, 7) is -0.345. The highest BCUT2D eigenvalue weighted by atomic mass is 32.2. The van der Waals surface area contributed by atoms with E-state index in [1.807, 2.05) is 0 Å². The van der Waals surface area contributed by atoms with Crippen molar-refractivity contribution in [1.82, 2.24) is 10.2 Å². The third kappa shape index (κ3) is 6.14. The number of nitrogens with one attached hydrogen (secondary N) is 1. The van der Waals surface area contributed by atoms with Crippen LogP contribution >= 0.6 is 11.8 Å². The number of fused-ring (bicyclic) bond motifs is 1. The van der Waals surface area contributed by atoms with Crippen molar-refractivity contribution in [2.75, 3.05) is 12.9 Å². The molecule has 1 unspecified atom stereocenters. The Morgan fingerprint density at radius 1 is 1.08 bits per heavy atom. The molecule has 0 aliphatic carbocycles. The molecule has 1 saturated heterocycles. The van der Waals surface area contributed by atoms with Crippen LogP contribution in [0.15, 0.2) is 66.1 Å². The van der Waals surface area contributed by atoms with E-state index in [9.17, 15) is 36.0 Å². The molecular formula is C24H21F3N2O8S2. The SMILES string of the molecule is COc1ccc(COC(=O)C2=C(OS(=O)(=O)C(F)(F)F)CS[C@@H]3C(NC(=O)Cc4ccccc4)C(=O)N23)cc1. The van der Waals surface area contributed by atoms with Crippen LogP contribution in [0.5, 0.6) is 5.75 Å². The molecule has 2 aliphatic rings. The Kier molecular flexibility index (Phi) is 8.11. The van der Waals surface area contributed by atoms with Gasteiger partial charge in [-0.25, -0.2) is 4.79 Å². The molecule has 208 valence electrons. The van der Waals surface area contributed by atoms with Gasteiger partial charge in [0.15, 0.2) is 11.5 Å². The maximum Gasteiger partial charge on any atom is 0.534 e. The molecule has 15 heteroatoms. The summed E-state index contributed by atoms with van der Waals surface area (Å²) in [5, 5.41) is 1.65. The Morgan fingerprint density at radius 3 is 2.36 bits per heavy atom. The van der Waals surface area contributed by atoms with Crippen LogP contribution in [-0.2, 0) is 46.4 Å². The van der Waals surface area contributed by atoms with Crippen LogP contribution in [0.25, 0.3) is 0 Å². The number of benzene rings is 2. The number of esters is 1. The number of methoxy groups -OCH3 is 1. The first-order chi connectivity index (χ1) is 18.4. The minimum Gasteiger partial charge on any atom is -0.497 e. The molecule has 0 radical (unpaired) electrons. The zero-order valence-electron chi connectivity index (χ0n) is 20.1. The Bertz CT molecular complexity index is 1400. The van der Waals surface area contributed by atoms with E-state index in [2.05, 4.69) is 9.50 Å². The molecule has 1 fully saturated rings. The van der Waals surface area contributed by atoms with Crippen LogP contribution < -0.4 is 10.1 Å². The average molecular weight is 587 g/mol. The normalized spacial score (nSPS) is 19.1. The summed E-state index contributed by atoms with van der Waals surface area (Å²) in [4.78, 5) is 39.2. The van der Waals surface area contributed by atoms with Crippen molar-refractivity contribution < 1.29 is 49.6 Å². The Labute approximate surface area is 225 Å². The van der Waals surface area contributed by atoms with E-state index >= 15 is 0 Å². The monoisotopic (exact) mass is 586 g/mol. The number of carbonyl (C=O) groups is 3. The zero-order valence-corrected chi connectivity index (χ0v) is 21.8. The maximum atomic E-state index is 13.0. The van der Waals surface area contributed by atoms with Gasteiger partial charge in [-0.15, -0.1) is 11.8 Å². The molecule has 10 nitrogen and oxygen atoms in total. The summed E-state index contributed by atoms with van der Waals surface area (Å²) < 4.78 is 76.9. The van der Waals surface area contributed by atoms with Crippen molar-refractivity contribution in [3.8, 4) is 5.75 Å². The fourth-order valence-corrected chi connectivity index (χ4v) is 5.59. The number of thioether (sulfide) groups is 1. The molecule has 2 aromatic carbocycles. The van der Waals surface area contributed by atoms with Gasteiger partial charge in [0.05, 0.1) is 19.3 Å². The van der Waals surface area contributed by atoms with E-state index in [4.69, 9.17) is 9.47 Å². The van der Waals surface area contributed by atoms with Crippen molar-refractivity contribution in [3.63, 3.8) is 0 Å². The fraction of sp³-hybridized carbons (Fsp3) is 0.292. The molecular weight excluding hydrogens is 565 g/mol. The van der Waals surface area contributed by atoms with Gasteiger partial charge in [0.1, 0.15) is 23.8 Å². The average Bonchev–Trinajstić information content (AvgIpc) is 2.90. The van der Waals surface area contributed by atoms with Gasteiger partial charge in [0, 0.05) is 0 Å². The van der Waals surface area contributed by atoms with Crippen molar-refractivity contribution in [2.45, 2.75) is 30.0 Å². The Hall–Kier alpha value is -3.72. The van der Waals surface area contributed by atoms with Crippen molar-refractivity contribution in [2.24, 2.45) is 0 Å². The molecule has 2 amide bonds. The number of alkyl halides is 3. The second-order valence-electron chi connectivity index (χ2n) is 8.30. The molecule has 0 bridgehead atoms. The van der Waals surface area contributed by atoms with E-state index in [1.54, 1.807) is 54.6 Å². The summed E-state index contributed by atoms with van der Waals surface area (Å²) in [5.41, 5.74) is -5.38. The molecule has 0 aromatic heterocycles. The number of β-lactam (4-membered cyclic amide) rings is 1. The van der Waals surface area contributed by atoms with Gasteiger partial charge in [-0.1, -0.05) is 42.5 Å². The lowest BCUT2D eigenvalue weighted by Gasteiger charge is -2.49. The van der Waals surface area contributed by atoms with Crippen LogP contribution in [0.2, 0.25) is 0 Å². The highest BCUT2D eigenvalue weighted by Crippen LogP contribution is 2.42. The smallest absolute Gasteiger partial charge is 0.497 e. The van der Waals surface area contributed by atoms with Gasteiger partial charge in [-0.3, -0.25) is 14.5 Å². The lowest BCUT2D eigenvalue weighted by molar-refractivity contribution is -0.153. The first kappa shape index (κ1) is 28.3.